The van der Waals surface area contributed by atoms with Crippen LogP contribution in [0.3, 0.4) is 0 Å². The lowest BCUT2D eigenvalue weighted by atomic mass is 10.1. The van der Waals surface area contributed by atoms with Gasteiger partial charge in [-0.2, -0.15) is 11.8 Å². The first kappa shape index (κ1) is 17.3. The lowest BCUT2D eigenvalue weighted by Gasteiger charge is -2.12. The van der Waals surface area contributed by atoms with Gasteiger partial charge in [0.1, 0.15) is 0 Å². The van der Waals surface area contributed by atoms with E-state index in [1.807, 2.05) is 18.4 Å². The molecule has 0 heterocycles. The third-order valence-electron chi connectivity index (χ3n) is 2.84. The molecule has 116 valence electrons. The van der Waals surface area contributed by atoms with Gasteiger partial charge in [0, 0.05) is 16.3 Å². The molecule has 1 amide bonds. The van der Waals surface area contributed by atoms with Crippen LogP contribution < -0.4 is 10.9 Å². The van der Waals surface area contributed by atoms with Crippen LogP contribution in [0.1, 0.15) is 15.9 Å². The molecule has 22 heavy (non-hydrogen) atoms. The van der Waals surface area contributed by atoms with Crippen molar-refractivity contribution in [3.8, 4) is 0 Å². The maximum absolute atomic E-state index is 12.1. The number of carbonyl (C=O) groups excluding carboxylic acids is 1. The molecule has 0 bridgehead atoms. The highest BCUT2D eigenvalue weighted by Gasteiger charge is 2.10. The normalized spacial score (nSPS) is 10.4. The summed E-state index contributed by atoms with van der Waals surface area (Å²) in [7, 11) is 0. The predicted octanol–water partition coefficient (Wildman–Crippen LogP) is 5.27. The van der Waals surface area contributed by atoms with E-state index in [9.17, 15) is 4.79 Å². The molecule has 0 aliphatic rings. The minimum Gasteiger partial charge on any atom is -0.295 e. The Bertz CT molecular complexity index is 654. The van der Waals surface area contributed by atoms with Gasteiger partial charge in [-0.05, 0) is 36.1 Å². The Morgan fingerprint density at radius 2 is 1.68 bits per heavy atom. The van der Waals surface area contributed by atoms with Gasteiger partial charge in [-0.15, -0.1) is 0 Å². The number of benzene rings is 2. The molecule has 0 aromatic heterocycles. The standard InChI is InChI=1S/C15H13Cl3N2OS/c1-22-8-9-2-4-10(5-3-9)15(21)20-19-14-12(17)6-11(16)7-13(14)18/h2-7,19H,8H2,1H3,(H,20,21). The zero-order valence-electron chi connectivity index (χ0n) is 11.6. The van der Waals surface area contributed by atoms with Gasteiger partial charge in [0.2, 0.25) is 0 Å². The minimum atomic E-state index is -0.280. The average molecular weight is 376 g/mol. The maximum atomic E-state index is 12.1. The summed E-state index contributed by atoms with van der Waals surface area (Å²) in [5.41, 5.74) is 7.39. The van der Waals surface area contributed by atoms with E-state index < -0.39 is 0 Å². The molecule has 0 saturated carbocycles. The Morgan fingerprint density at radius 3 is 2.23 bits per heavy atom. The van der Waals surface area contributed by atoms with E-state index in [-0.39, 0.29) is 5.91 Å². The van der Waals surface area contributed by atoms with Crippen molar-refractivity contribution < 1.29 is 4.79 Å². The van der Waals surface area contributed by atoms with E-state index in [1.165, 1.54) is 5.56 Å². The number of nitrogens with one attached hydrogen (secondary N) is 2. The Hall–Kier alpha value is -1.07. The predicted molar refractivity (Wildman–Crippen MR) is 96.2 cm³/mol. The van der Waals surface area contributed by atoms with Crippen LogP contribution in [0.25, 0.3) is 0 Å². The van der Waals surface area contributed by atoms with Crippen molar-refractivity contribution in [3.05, 3.63) is 62.6 Å². The second-order valence-corrected chi connectivity index (χ2v) is 6.57. The summed E-state index contributed by atoms with van der Waals surface area (Å²) < 4.78 is 0. The molecule has 2 aromatic rings. The molecular formula is C15H13Cl3N2OS. The van der Waals surface area contributed by atoms with Crippen molar-refractivity contribution in [3.63, 3.8) is 0 Å². The molecule has 0 fully saturated rings. The molecule has 2 rings (SSSR count). The highest BCUT2D eigenvalue weighted by atomic mass is 35.5. The summed E-state index contributed by atoms with van der Waals surface area (Å²) in [6, 6.07) is 10.5. The molecule has 0 radical (unpaired) electrons. The highest BCUT2D eigenvalue weighted by molar-refractivity contribution is 7.97. The zero-order chi connectivity index (χ0) is 16.1. The van der Waals surface area contributed by atoms with Crippen molar-refractivity contribution in [2.75, 3.05) is 11.7 Å². The maximum Gasteiger partial charge on any atom is 0.269 e. The molecular weight excluding hydrogens is 363 g/mol. The van der Waals surface area contributed by atoms with Gasteiger partial charge in [0.25, 0.3) is 5.91 Å². The quantitative estimate of drug-likeness (QED) is 0.700. The van der Waals surface area contributed by atoms with Gasteiger partial charge in [-0.1, -0.05) is 46.9 Å². The molecule has 3 nitrogen and oxygen atoms in total. The van der Waals surface area contributed by atoms with Crippen molar-refractivity contribution >= 4 is 58.2 Å². The number of carbonyl (C=O) groups is 1. The monoisotopic (exact) mass is 374 g/mol. The van der Waals surface area contributed by atoms with Crippen molar-refractivity contribution in [1.29, 1.82) is 0 Å². The lowest BCUT2D eigenvalue weighted by molar-refractivity contribution is 0.0962. The number of anilines is 1. The second-order valence-electron chi connectivity index (χ2n) is 4.45. The Balaban J connectivity index is 2.04. The second kappa shape index (κ2) is 7.97. The zero-order valence-corrected chi connectivity index (χ0v) is 14.7. The molecule has 7 heteroatoms. The first-order valence-corrected chi connectivity index (χ1v) is 8.83. The Morgan fingerprint density at radius 1 is 1.09 bits per heavy atom. The smallest absolute Gasteiger partial charge is 0.269 e. The van der Waals surface area contributed by atoms with Crippen molar-refractivity contribution in [2.24, 2.45) is 0 Å². The topological polar surface area (TPSA) is 41.1 Å². The number of hydrogen-bond donors (Lipinski definition) is 2. The summed E-state index contributed by atoms with van der Waals surface area (Å²) in [6.45, 7) is 0. The van der Waals surface area contributed by atoms with Crippen LogP contribution in [0, 0.1) is 0 Å². The van der Waals surface area contributed by atoms with Crippen molar-refractivity contribution in [2.45, 2.75) is 5.75 Å². The van der Waals surface area contributed by atoms with Gasteiger partial charge >= 0.3 is 0 Å². The van der Waals surface area contributed by atoms with Gasteiger partial charge in [-0.3, -0.25) is 15.6 Å². The lowest BCUT2D eigenvalue weighted by Crippen LogP contribution is -2.29. The number of thioether (sulfide) groups is 1. The summed E-state index contributed by atoms with van der Waals surface area (Å²) in [4.78, 5) is 12.1. The van der Waals surface area contributed by atoms with E-state index in [1.54, 1.807) is 36.0 Å². The van der Waals surface area contributed by atoms with Crippen molar-refractivity contribution in [1.82, 2.24) is 5.43 Å². The largest absolute Gasteiger partial charge is 0.295 e. The fourth-order valence-corrected chi connectivity index (χ4v) is 3.21. The molecule has 0 spiro atoms. The van der Waals surface area contributed by atoms with Crippen LogP contribution in [-0.2, 0) is 5.75 Å². The number of rotatable bonds is 5. The molecule has 0 unspecified atom stereocenters. The SMILES string of the molecule is CSCc1ccc(C(=O)NNc2c(Cl)cc(Cl)cc2Cl)cc1. The van der Waals surface area contributed by atoms with Gasteiger partial charge in [0.15, 0.2) is 0 Å². The van der Waals surface area contributed by atoms with Gasteiger partial charge in [-0.25, -0.2) is 0 Å². The van der Waals surface area contributed by atoms with E-state index in [0.29, 0.717) is 26.3 Å². The van der Waals surface area contributed by atoms with E-state index >= 15 is 0 Å². The van der Waals surface area contributed by atoms with Crippen LogP contribution in [0.5, 0.6) is 0 Å². The Kier molecular flexibility index (Phi) is 6.26. The molecule has 2 aromatic carbocycles. The first-order valence-electron chi connectivity index (χ1n) is 6.30. The van der Waals surface area contributed by atoms with E-state index in [4.69, 9.17) is 34.8 Å². The molecule has 0 aliphatic heterocycles. The molecule has 0 atom stereocenters. The van der Waals surface area contributed by atoms with Crippen LogP contribution >= 0.6 is 46.6 Å². The number of hydrazine groups is 1. The summed E-state index contributed by atoms with van der Waals surface area (Å²) in [6.07, 6.45) is 2.03. The number of halogens is 3. The fraction of sp³-hybridized carbons (Fsp3) is 0.133. The van der Waals surface area contributed by atoms with Crippen LogP contribution in [0.4, 0.5) is 5.69 Å². The third kappa shape index (κ3) is 4.46. The molecule has 0 saturated heterocycles. The number of amides is 1. The molecule has 2 N–H and O–H groups in total. The minimum absolute atomic E-state index is 0.280. The summed E-state index contributed by atoms with van der Waals surface area (Å²) in [5.74, 6) is 0.633. The van der Waals surface area contributed by atoms with Gasteiger partial charge in [0.05, 0.1) is 15.7 Å². The summed E-state index contributed by atoms with van der Waals surface area (Å²) in [5, 5.41) is 1.08. The van der Waals surface area contributed by atoms with Gasteiger partial charge < -0.3 is 0 Å². The summed E-state index contributed by atoms with van der Waals surface area (Å²) >= 11 is 19.6. The number of hydrogen-bond acceptors (Lipinski definition) is 3. The van der Waals surface area contributed by atoms with Crippen LogP contribution in [0.15, 0.2) is 36.4 Å². The van der Waals surface area contributed by atoms with E-state index in [2.05, 4.69) is 10.9 Å². The highest BCUT2D eigenvalue weighted by Crippen LogP contribution is 2.33. The molecule has 0 aliphatic carbocycles. The van der Waals surface area contributed by atoms with E-state index in [0.717, 1.165) is 5.75 Å². The Labute approximate surface area is 148 Å². The van der Waals surface area contributed by atoms with Crippen LogP contribution in [-0.4, -0.2) is 12.2 Å². The third-order valence-corrected chi connectivity index (χ3v) is 4.27. The fourth-order valence-electron chi connectivity index (χ4n) is 1.77. The first-order chi connectivity index (χ1) is 10.5. The average Bonchev–Trinajstić information content (AvgIpc) is 2.47. The van der Waals surface area contributed by atoms with Crippen LogP contribution in [0.2, 0.25) is 15.1 Å².